The highest BCUT2D eigenvalue weighted by molar-refractivity contribution is 6.31. The number of rotatable bonds is 5. The summed E-state index contributed by atoms with van der Waals surface area (Å²) >= 11 is 6.14. The smallest absolute Gasteiger partial charge is 0.257 e. The van der Waals surface area contributed by atoms with Gasteiger partial charge in [0.25, 0.3) is 5.82 Å². The maximum atomic E-state index is 12.6. The molecule has 0 atom stereocenters. The number of nitrogens with zero attached hydrogens (tertiary/aromatic N) is 3. The van der Waals surface area contributed by atoms with Crippen LogP contribution in [-0.4, -0.2) is 17.6 Å². The van der Waals surface area contributed by atoms with E-state index < -0.39 is 0 Å². The van der Waals surface area contributed by atoms with Gasteiger partial charge in [0.05, 0.1) is 25.8 Å². The molecule has 0 aliphatic carbocycles. The maximum absolute atomic E-state index is 12.6. The summed E-state index contributed by atoms with van der Waals surface area (Å²) in [6, 6.07) is 13.4. The minimum atomic E-state index is -0.183. The van der Waals surface area contributed by atoms with Gasteiger partial charge in [-0.1, -0.05) is 17.7 Å². The normalized spacial score (nSPS) is 13.1. The van der Waals surface area contributed by atoms with E-state index in [4.69, 9.17) is 16.3 Å². The fourth-order valence-electron chi connectivity index (χ4n) is 3.67. The number of aliphatic imine (C=N–C) groups is 1. The molecular weight excluding hydrogens is 409 g/mol. The number of benzene rings is 2. The maximum Gasteiger partial charge on any atom is 0.257 e. The molecule has 7 heteroatoms. The quantitative estimate of drug-likeness (QED) is 0.349. The predicted octanol–water partition coefficient (Wildman–Crippen LogP) is 3.87. The van der Waals surface area contributed by atoms with Gasteiger partial charge < -0.3 is 9.84 Å². The SMILES string of the molecule is COc1ccc(-c2c[n+](CC([O-])=Nc3cccc(Cl)c3C)c3n2CCC3)cc1.Cl. The Morgan fingerprint density at radius 2 is 2.00 bits per heavy atom. The molecule has 2 heterocycles. The zero-order chi connectivity index (χ0) is 19.7. The predicted molar refractivity (Wildman–Crippen MR) is 115 cm³/mol. The van der Waals surface area contributed by atoms with E-state index >= 15 is 0 Å². The molecule has 0 amide bonds. The lowest BCUT2D eigenvalue weighted by molar-refractivity contribution is -0.693. The van der Waals surface area contributed by atoms with Crippen LogP contribution in [0, 0.1) is 6.92 Å². The van der Waals surface area contributed by atoms with Crippen LogP contribution < -0.4 is 14.4 Å². The summed E-state index contributed by atoms with van der Waals surface area (Å²) in [5, 5.41) is 13.2. The van der Waals surface area contributed by atoms with Gasteiger partial charge >= 0.3 is 0 Å². The van der Waals surface area contributed by atoms with Crippen LogP contribution in [0.5, 0.6) is 5.75 Å². The summed E-state index contributed by atoms with van der Waals surface area (Å²) < 4.78 is 9.57. The largest absolute Gasteiger partial charge is 0.859 e. The lowest BCUT2D eigenvalue weighted by Gasteiger charge is -2.10. The molecule has 0 fully saturated rings. The van der Waals surface area contributed by atoms with Crippen molar-refractivity contribution in [1.82, 2.24) is 4.57 Å². The van der Waals surface area contributed by atoms with E-state index in [1.165, 1.54) is 0 Å². The zero-order valence-corrected chi connectivity index (χ0v) is 18.0. The van der Waals surface area contributed by atoms with Gasteiger partial charge in [-0.15, -0.1) is 12.4 Å². The summed E-state index contributed by atoms with van der Waals surface area (Å²) in [6.07, 6.45) is 4.09. The average molecular weight is 432 g/mol. The Labute approximate surface area is 181 Å². The Morgan fingerprint density at radius 3 is 2.72 bits per heavy atom. The molecule has 5 nitrogen and oxygen atoms in total. The van der Waals surface area contributed by atoms with Crippen molar-refractivity contribution in [2.75, 3.05) is 7.11 Å². The number of ether oxygens (including phenoxy) is 1. The number of aromatic nitrogens is 2. The van der Waals surface area contributed by atoms with Crippen LogP contribution in [-0.2, 0) is 19.5 Å². The van der Waals surface area contributed by atoms with Gasteiger partial charge in [0.1, 0.15) is 18.5 Å². The lowest BCUT2D eigenvalue weighted by Crippen LogP contribution is -2.43. The first kappa shape index (κ1) is 21.2. The number of fused-ring (bicyclic) bond motifs is 1. The van der Waals surface area contributed by atoms with Crippen LogP contribution >= 0.6 is 24.0 Å². The average Bonchev–Trinajstić information content (AvgIpc) is 3.30. The molecule has 0 spiro atoms. The van der Waals surface area contributed by atoms with Crippen LogP contribution in [0.3, 0.4) is 0 Å². The molecule has 1 aliphatic heterocycles. The summed E-state index contributed by atoms with van der Waals surface area (Å²) in [5.74, 6) is 1.81. The van der Waals surface area contributed by atoms with E-state index in [0.717, 1.165) is 47.8 Å². The number of hydrogen-bond acceptors (Lipinski definition) is 3. The molecular formula is C22H23Cl2N3O2. The zero-order valence-electron chi connectivity index (χ0n) is 16.4. The standard InChI is InChI=1S/C22H22ClN3O2.ClH/c1-15-18(23)5-3-6-19(15)24-21(27)14-25-13-20(26-12-4-7-22(25)26)16-8-10-17(28-2)11-9-16;/h3,5-6,8-11,13H,4,7,12,14H2,1-2H3;1H. The molecule has 4 rings (SSSR count). The summed E-state index contributed by atoms with van der Waals surface area (Å²) in [7, 11) is 1.66. The minimum absolute atomic E-state index is 0. The number of methoxy groups -OCH3 is 1. The van der Waals surface area contributed by atoms with E-state index in [0.29, 0.717) is 10.7 Å². The van der Waals surface area contributed by atoms with Gasteiger partial charge in [0, 0.05) is 16.5 Å². The third-order valence-electron chi connectivity index (χ3n) is 5.17. The van der Waals surface area contributed by atoms with Gasteiger partial charge in [-0.2, -0.15) is 0 Å². The molecule has 3 aromatic rings. The van der Waals surface area contributed by atoms with Crippen LogP contribution in [0.1, 0.15) is 17.8 Å². The molecule has 0 N–H and O–H groups in total. The first-order valence-corrected chi connectivity index (χ1v) is 9.70. The fraction of sp³-hybridized carbons (Fsp3) is 0.273. The summed E-state index contributed by atoms with van der Waals surface area (Å²) in [6.45, 7) is 3.05. The van der Waals surface area contributed by atoms with Crippen LogP contribution in [0.2, 0.25) is 5.02 Å². The Balaban J connectivity index is 0.00000240. The van der Waals surface area contributed by atoms with Gasteiger partial charge in [-0.25, -0.2) is 9.13 Å². The van der Waals surface area contributed by atoms with E-state index in [1.54, 1.807) is 13.2 Å². The highest BCUT2D eigenvalue weighted by atomic mass is 35.5. The highest BCUT2D eigenvalue weighted by Gasteiger charge is 2.28. The van der Waals surface area contributed by atoms with Crippen molar-refractivity contribution in [3.63, 3.8) is 0 Å². The van der Waals surface area contributed by atoms with Crippen molar-refractivity contribution in [3.05, 3.63) is 65.1 Å². The van der Waals surface area contributed by atoms with Crippen LogP contribution in [0.4, 0.5) is 5.69 Å². The van der Waals surface area contributed by atoms with Crippen molar-refractivity contribution in [1.29, 1.82) is 0 Å². The molecule has 29 heavy (non-hydrogen) atoms. The topological polar surface area (TPSA) is 53.5 Å². The number of imidazole rings is 1. The Hall–Kier alpha value is -2.50. The molecule has 0 saturated carbocycles. The van der Waals surface area contributed by atoms with Crippen molar-refractivity contribution >= 4 is 35.6 Å². The molecule has 0 saturated heterocycles. The van der Waals surface area contributed by atoms with Gasteiger partial charge in [-0.05, 0) is 55.3 Å². The Kier molecular flexibility index (Phi) is 6.50. The number of halogens is 2. The number of hydrogen-bond donors (Lipinski definition) is 0. The van der Waals surface area contributed by atoms with E-state index in [1.807, 2.05) is 47.9 Å². The second-order valence-corrected chi connectivity index (χ2v) is 7.34. The molecule has 2 aromatic carbocycles. The Morgan fingerprint density at radius 1 is 1.24 bits per heavy atom. The van der Waals surface area contributed by atoms with Gasteiger partial charge in [-0.3, -0.25) is 4.99 Å². The first-order valence-electron chi connectivity index (χ1n) is 9.33. The molecule has 1 aromatic heterocycles. The molecule has 152 valence electrons. The third kappa shape index (κ3) is 4.26. The molecule has 0 unspecified atom stereocenters. The second-order valence-electron chi connectivity index (χ2n) is 6.93. The van der Waals surface area contributed by atoms with E-state index in [9.17, 15) is 5.11 Å². The first-order chi connectivity index (χ1) is 13.6. The van der Waals surface area contributed by atoms with Gasteiger partial charge in [0.15, 0.2) is 5.69 Å². The van der Waals surface area contributed by atoms with Crippen molar-refractivity contribution in [3.8, 4) is 17.0 Å². The van der Waals surface area contributed by atoms with Crippen molar-refractivity contribution in [2.45, 2.75) is 32.9 Å². The van der Waals surface area contributed by atoms with Crippen LogP contribution in [0.15, 0.2) is 53.7 Å². The van der Waals surface area contributed by atoms with E-state index in [2.05, 4.69) is 15.8 Å². The van der Waals surface area contributed by atoms with Crippen LogP contribution in [0.25, 0.3) is 11.3 Å². The monoisotopic (exact) mass is 431 g/mol. The van der Waals surface area contributed by atoms with E-state index in [-0.39, 0.29) is 24.8 Å². The summed E-state index contributed by atoms with van der Waals surface area (Å²) in [4.78, 5) is 4.27. The fourth-order valence-corrected chi connectivity index (χ4v) is 3.84. The second kappa shape index (κ2) is 8.89. The van der Waals surface area contributed by atoms with Gasteiger partial charge in [0.2, 0.25) is 0 Å². The molecule has 1 aliphatic rings. The Bertz CT molecular complexity index is 1040. The third-order valence-corrected chi connectivity index (χ3v) is 5.58. The molecule has 0 bridgehead atoms. The summed E-state index contributed by atoms with van der Waals surface area (Å²) in [5.41, 5.74) is 3.67. The minimum Gasteiger partial charge on any atom is -0.859 e. The lowest BCUT2D eigenvalue weighted by atomic mass is 10.1. The highest BCUT2D eigenvalue weighted by Crippen LogP contribution is 2.27. The molecule has 0 radical (unpaired) electrons. The van der Waals surface area contributed by atoms with Crippen molar-refractivity contribution < 1.29 is 14.4 Å². The van der Waals surface area contributed by atoms with Crippen molar-refractivity contribution in [2.24, 2.45) is 4.99 Å².